The number of rotatable bonds is 3. The molecular formula is C11H20. The van der Waals surface area contributed by atoms with Gasteiger partial charge in [-0.3, -0.25) is 0 Å². The van der Waals surface area contributed by atoms with Crippen molar-refractivity contribution >= 4 is 0 Å². The van der Waals surface area contributed by atoms with E-state index in [2.05, 4.69) is 13.8 Å². The molecule has 0 saturated heterocycles. The lowest BCUT2D eigenvalue weighted by Gasteiger charge is -2.36. The van der Waals surface area contributed by atoms with E-state index in [-0.39, 0.29) is 0 Å². The third-order valence-corrected chi connectivity index (χ3v) is 3.37. The van der Waals surface area contributed by atoms with E-state index in [1.807, 2.05) is 0 Å². The molecule has 2 fully saturated rings. The van der Waals surface area contributed by atoms with Crippen molar-refractivity contribution in [3.8, 4) is 0 Å². The fourth-order valence-electron chi connectivity index (χ4n) is 2.60. The maximum atomic E-state index is 2.35. The first-order valence-electron chi connectivity index (χ1n) is 5.25. The van der Waals surface area contributed by atoms with E-state index in [4.69, 9.17) is 0 Å². The van der Waals surface area contributed by atoms with Gasteiger partial charge in [0.1, 0.15) is 0 Å². The van der Waals surface area contributed by atoms with Crippen molar-refractivity contribution in [3.05, 3.63) is 0 Å². The minimum Gasteiger partial charge on any atom is -0.0628 e. The number of hydrogen-bond acceptors (Lipinski definition) is 0. The minimum absolute atomic E-state index is 0.931. The van der Waals surface area contributed by atoms with Crippen LogP contribution >= 0.6 is 0 Å². The van der Waals surface area contributed by atoms with Crippen LogP contribution in [-0.4, -0.2) is 0 Å². The lowest BCUT2D eigenvalue weighted by atomic mass is 9.69. The van der Waals surface area contributed by atoms with Crippen molar-refractivity contribution in [1.82, 2.24) is 0 Å². The van der Waals surface area contributed by atoms with E-state index >= 15 is 0 Å². The summed E-state index contributed by atoms with van der Waals surface area (Å²) < 4.78 is 0. The van der Waals surface area contributed by atoms with Gasteiger partial charge in [0.25, 0.3) is 0 Å². The Balaban J connectivity index is 1.63. The van der Waals surface area contributed by atoms with Crippen LogP contribution in [0.2, 0.25) is 0 Å². The summed E-state index contributed by atoms with van der Waals surface area (Å²) in [6.45, 7) is 4.70. The topological polar surface area (TPSA) is 0 Å². The quantitative estimate of drug-likeness (QED) is 0.581. The smallest absolute Gasteiger partial charge is 0.0381 e. The van der Waals surface area contributed by atoms with Crippen molar-refractivity contribution in [1.29, 1.82) is 0 Å². The molecule has 0 bridgehead atoms. The molecule has 0 aromatic carbocycles. The molecule has 0 radical (unpaired) electrons. The molecule has 0 spiro atoms. The van der Waals surface area contributed by atoms with Crippen LogP contribution in [0.1, 0.15) is 46.0 Å². The second-order valence-corrected chi connectivity index (χ2v) is 5.06. The van der Waals surface area contributed by atoms with Crippen LogP contribution in [0.5, 0.6) is 0 Å². The van der Waals surface area contributed by atoms with Gasteiger partial charge < -0.3 is 0 Å². The van der Waals surface area contributed by atoms with E-state index in [0.717, 1.165) is 11.8 Å². The predicted molar refractivity (Wildman–Crippen MR) is 48.4 cm³/mol. The molecule has 2 rings (SSSR count). The summed E-state index contributed by atoms with van der Waals surface area (Å²) in [6.07, 6.45) is 7.74. The third-order valence-electron chi connectivity index (χ3n) is 3.37. The Morgan fingerprint density at radius 2 is 1.73 bits per heavy atom. The summed E-state index contributed by atoms with van der Waals surface area (Å²) in [4.78, 5) is 0. The Kier molecular flexibility index (Phi) is 1.95. The molecule has 0 heteroatoms. The van der Waals surface area contributed by atoms with E-state index in [1.165, 1.54) is 18.3 Å². The summed E-state index contributed by atoms with van der Waals surface area (Å²) in [5.41, 5.74) is 0. The molecule has 0 amide bonds. The van der Waals surface area contributed by atoms with E-state index in [0.29, 0.717) is 0 Å². The normalized spacial score (nSPS) is 37.4. The average Bonchev–Trinajstić information content (AvgIpc) is 2.58. The van der Waals surface area contributed by atoms with Gasteiger partial charge in [-0.25, -0.2) is 0 Å². The third kappa shape index (κ3) is 1.77. The molecule has 0 heterocycles. The maximum Gasteiger partial charge on any atom is -0.0381 e. The molecule has 2 aliphatic rings. The standard InChI is InChI=1S/C11H20/c1-8(2)5-9-6-11(7-9)10-3-4-10/h8-11H,3-7H2,1-2H3. The van der Waals surface area contributed by atoms with Crippen molar-refractivity contribution in [3.63, 3.8) is 0 Å². The molecule has 2 saturated carbocycles. The first-order chi connectivity index (χ1) is 5.25. The molecule has 0 aromatic rings. The van der Waals surface area contributed by atoms with Crippen LogP contribution in [0.3, 0.4) is 0 Å². The summed E-state index contributed by atoms with van der Waals surface area (Å²) in [5, 5.41) is 0. The van der Waals surface area contributed by atoms with Crippen LogP contribution in [0.15, 0.2) is 0 Å². The van der Waals surface area contributed by atoms with E-state index in [9.17, 15) is 0 Å². The molecule has 0 nitrogen and oxygen atoms in total. The molecule has 2 aliphatic carbocycles. The molecule has 0 aliphatic heterocycles. The van der Waals surface area contributed by atoms with E-state index < -0.39 is 0 Å². The van der Waals surface area contributed by atoms with Gasteiger partial charge in [0.15, 0.2) is 0 Å². The fraction of sp³-hybridized carbons (Fsp3) is 1.00. The first-order valence-corrected chi connectivity index (χ1v) is 5.25. The van der Waals surface area contributed by atoms with Gasteiger partial charge in [-0.1, -0.05) is 13.8 Å². The molecule has 0 atom stereocenters. The minimum atomic E-state index is 0.931. The Morgan fingerprint density at radius 3 is 2.18 bits per heavy atom. The van der Waals surface area contributed by atoms with Gasteiger partial charge in [-0.05, 0) is 55.8 Å². The van der Waals surface area contributed by atoms with Gasteiger partial charge in [0, 0.05) is 0 Å². The van der Waals surface area contributed by atoms with Gasteiger partial charge in [-0.15, -0.1) is 0 Å². The van der Waals surface area contributed by atoms with Gasteiger partial charge in [0.05, 0.1) is 0 Å². The Bertz CT molecular complexity index is 127. The summed E-state index contributed by atoms with van der Waals surface area (Å²) in [6, 6.07) is 0. The molecule has 11 heavy (non-hydrogen) atoms. The zero-order chi connectivity index (χ0) is 7.84. The lowest BCUT2D eigenvalue weighted by molar-refractivity contribution is 0.144. The maximum absolute atomic E-state index is 2.35. The first kappa shape index (κ1) is 7.64. The highest BCUT2D eigenvalue weighted by atomic mass is 14.4. The summed E-state index contributed by atoms with van der Waals surface area (Å²) >= 11 is 0. The average molecular weight is 152 g/mol. The second kappa shape index (κ2) is 2.80. The molecule has 0 aromatic heterocycles. The number of hydrogen-bond donors (Lipinski definition) is 0. The monoisotopic (exact) mass is 152 g/mol. The van der Waals surface area contributed by atoms with Crippen molar-refractivity contribution in [2.75, 3.05) is 0 Å². The van der Waals surface area contributed by atoms with Crippen molar-refractivity contribution in [2.24, 2.45) is 23.7 Å². The zero-order valence-corrected chi connectivity index (χ0v) is 7.84. The molecule has 0 unspecified atom stereocenters. The van der Waals surface area contributed by atoms with Crippen LogP contribution in [-0.2, 0) is 0 Å². The highest BCUT2D eigenvalue weighted by molar-refractivity contribution is 4.90. The van der Waals surface area contributed by atoms with Crippen LogP contribution in [0.25, 0.3) is 0 Å². The van der Waals surface area contributed by atoms with Gasteiger partial charge >= 0.3 is 0 Å². The lowest BCUT2D eigenvalue weighted by Crippen LogP contribution is -2.26. The fourth-order valence-corrected chi connectivity index (χ4v) is 2.60. The SMILES string of the molecule is CC(C)CC1CC(C2CC2)C1. The molecule has 64 valence electrons. The van der Waals surface area contributed by atoms with Crippen molar-refractivity contribution < 1.29 is 0 Å². The Hall–Kier alpha value is 0. The Labute approximate surface area is 70.4 Å². The largest absolute Gasteiger partial charge is 0.0628 e. The predicted octanol–water partition coefficient (Wildman–Crippen LogP) is 3.47. The van der Waals surface area contributed by atoms with Crippen LogP contribution in [0, 0.1) is 23.7 Å². The zero-order valence-electron chi connectivity index (χ0n) is 7.84. The highest BCUT2D eigenvalue weighted by Gasteiger charge is 2.39. The van der Waals surface area contributed by atoms with Gasteiger partial charge in [0.2, 0.25) is 0 Å². The second-order valence-electron chi connectivity index (χ2n) is 5.06. The van der Waals surface area contributed by atoms with E-state index in [1.54, 1.807) is 25.7 Å². The molecule has 0 N–H and O–H groups in total. The van der Waals surface area contributed by atoms with Crippen LogP contribution < -0.4 is 0 Å². The molecular weight excluding hydrogens is 132 g/mol. The highest BCUT2D eigenvalue weighted by Crippen LogP contribution is 2.50. The summed E-state index contributed by atoms with van der Waals surface area (Å²) in [5.74, 6) is 4.39. The van der Waals surface area contributed by atoms with Crippen molar-refractivity contribution in [2.45, 2.75) is 46.0 Å². The Morgan fingerprint density at radius 1 is 1.09 bits per heavy atom. The summed E-state index contributed by atoms with van der Waals surface area (Å²) in [7, 11) is 0. The van der Waals surface area contributed by atoms with Gasteiger partial charge in [-0.2, -0.15) is 0 Å². The van der Waals surface area contributed by atoms with Crippen LogP contribution in [0.4, 0.5) is 0 Å².